The van der Waals surface area contributed by atoms with Crippen LogP contribution in [-0.4, -0.2) is 74.1 Å². The fourth-order valence-electron chi connectivity index (χ4n) is 5.56. The molecule has 3 aromatic rings. The second kappa shape index (κ2) is 10.6. The van der Waals surface area contributed by atoms with E-state index in [-0.39, 0.29) is 24.1 Å². The number of urea groups is 1. The van der Waals surface area contributed by atoms with Crippen molar-refractivity contribution in [1.29, 1.82) is 0 Å². The molecule has 5 rings (SSSR count). The number of piperidine rings is 1. The first-order chi connectivity index (χ1) is 19.4. The van der Waals surface area contributed by atoms with Crippen molar-refractivity contribution in [2.45, 2.75) is 44.9 Å². The Balaban J connectivity index is 1.40. The fourth-order valence-corrected chi connectivity index (χ4v) is 5.56. The number of carbonyl (C=O) groups excluding carboxylic acids is 2. The molecule has 0 aliphatic carbocycles. The minimum atomic E-state index is -4.69. The van der Waals surface area contributed by atoms with Crippen LogP contribution in [-0.2, 0) is 11.3 Å². The molecule has 2 aliphatic heterocycles. The lowest BCUT2D eigenvalue weighted by molar-refractivity contribution is -0.154. The third kappa shape index (κ3) is 5.39. The van der Waals surface area contributed by atoms with Gasteiger partial charge in [-0.2, -0.15) is 13.2 Å². The van der Waals surface area contributed by atoms with Crippen LogP contribution in [0.4, 0.5) is 23.7 Å². The van der Waals surface area contributed by atoms with Crippen molar-refractivity contribution in [1.82, 2.24) is 19.8 Å². The van der Waals surface area contributed by atoms with Crippen molar-refractivity contribution >= 4 is 23.6 Å². The van der Waals surface area contributed by atoms with Crippen LogP contribution >= 0.6 is 0 Å². The Bertz CT molecular complexity index is 1500. The number of carboxylic acids is 1. The first-order valence-corrected chi connectivity index (χ1v) is 13.1. The van der Waals surface area contributed by atoms with E-state index in [1.165, 1.54) is 24.4 Å². The summed E-state index contributed by atoms with van der Waals surface area (Å²) in [6.07, 6.45) is -1.63. The number of aromatic nitrogens is 2. The second-order valence-electron chi connectivity index (χ2n) is 10.4. The molecule has 0 saturated carbocycles. The fraction of sp³-hybridized carbons (Fsp3) is 0.345. The van der Waals surface area contributed by atoms with Gasteiger partial charge in [0.2, 0.25) is 0 Å². The molecular formula is C29H28F3N5O4. The highest BCUT2D eigenvalue weighted by Gasteiger charge is 2.60. The van der Waals surface area contributed by atoms with Gasteiger partial charge in [0.15, 0.2) is 0 Å². The smallest absolute Gasteiger partial charge is 0.406 e. The SMILES string of the molecule is Cc1cc(C(=O)O)ccc1-c1ccc(N2C(=O)N(CC(F)(F)F)C3(CCN(Cc4ncccc4C)CC3)C2=O)cn1. The van der Waals surface area contributed by atoms with E-state index in [2.05, 4.69) is 9.97 Å². The van der Waals surface area contributed by atoms with E-state index < -0.39 is 36.2 Å². The van der Waals surface area contributed by atoms with Crippen molar-refractivity contribution in [2.75, 3.05) is 24.5 Å². The van der Waals surface area contributed by atoms with Gasteiger partial charge >= 0.3 is 18.2 Å². The lowest BCUT2D eigenvalue weighted by Gasteiger charge is -2.42. The third-order valence-corrected chi connectivity index (χ3v) is 7.81. The van der Waals surface area contributed by atoms with Crippen LogP contribution in [0.2, 0.25) is 0 Å². The number of benzene rings is 1. The van der Waals surface area contributed by atoms with E-state index in [9.17, 15) is 32.7 Å². The highest BCUT2D eigenvalue weighted by Crippen LogP contribution is 2.41. The quantitative estimate of drug-likeness (QED) is 0.426. The Kier molecular flexibility index (Phi) is 7.28. The summed E-state index contributed by atoms with van der Waals surface area (Å²) in [4.78, 5) is 50.7. The molecule has 2 saturated heterocycles. The lowest BCUT2D eigenvalue weighted by atomic mass is 9.85. The van der Waals surface area contributed by atoms with Gasteiger partial charge in [-0.3, -0.25) is 24.6 Å². The summed E-state index contributed by atoms with van der Waals surface area (Å²) in [6.45, 7) is 3.26. The minimum absolute atomic E-state index is 0.0522. The van der Waals surface area contributed by atoms with Gasteiger partial charge in [0.1, 0.15) is 12.1 Å². The van der Waals surface area contributed by atoms with E-state index in [1.807, 2.05) is 24.0 Å². The largest absolute Gasteiger partial charge is 0.478 e. The van der Waals surface area contributed by atoms with Gasteiger partial charge in [0.05, 0.1) is 28.8 Å². The minimum Gasteiger partial charge on any atom is -0.478 e. The number of carboxylic acid groups (broad SMARTS) is 1. The van der Waals surface area contributed by atoms with Crippen molar-refractivity contribution in [3.8, 4) is 11.3 Å². The normalized spacial score (nSPS) is 17.5. The molecule has 2 fully saturated rings. The van der Waals surface area contributed by atoms with Gasteiger partial charge in [-0.1, -0.05) is 12.1 Å². The lowest BCUT2D eigenvalue weighted by Crippen LogP contribution is -2.58. The van der Waals surface area contributed by atoms with E-state index in [1.54, 1.807) is 25.3 Å². The molecule has 1 spiro atoms. The van der Waals surface area contributed by atoms with Gasteiger partial charge in [-0.05, 0) is 68.1 Å². The molecule has 0 atom stereocenters. The van der Waals surface area contributed by atoms with E-state index in [0.717, 1.165) is 16.2 Å². The zero-order valence-corrected chi connectivity index (χ0v) is 22.5. The highest BCUT2D eigenvalue weighted by molar-refractivity contribution is 6.23. The van der Waals surface area contributed by atoms with Crippen molar-refractivity contribution in [2.24, 2.45) is 0 Å². The summed E-state index contributed by atoms with van der Waals surface area (Å²) >= 11 is 0. The van der Waals surface area contributed by atoms with Gasteiger partial charge in [-0.15, -0.1) is 0 Å². The van der Waals surface area contributed by atoms with Crippen LogP contribution in [0.25, 0.3) is 11.3 Å². The number of carbonyl (C=O) groups is 3. The summed E-state index contributed by atoms with van der Waals surface area (Å²) < 4.78 is 40.9. The molecule has 0 unspecified atom stereocenters. The summed E-state index contributed by atoms with van der Waals surface area (Å²) in [6, 6.07) is 10.3. The number of hydrogen-bond donors (Lipinski definition) is 1. The van der Waals surface area contributed by atoms with Crippen LogP contribution in [0.15, 0.2) is 54.9 Å². The van der Waals surface area contributed by atoms with E-state index in [4.69, 9.17) is 0 Å². The number of imide groups is 1. The van der Waals surface area contributed by atoms with Crippen LogP contribution in [0, 0.1) is 13.8 Å². The Morgan fingerprint density at radius 3 is 2.34 bits per heavy atom. The average molecular weight is 568 g/mol. The van der Waals surface area contributed by atoms with Gasteiger partial charge in [0, 0.05) is 31.4 Å². The van der Waals surface area contributed by atoms with Crippen molar-refractivity contribution in [3.63, 3.8) is 0 Å². The van der Waals surface area contributed by atoms with Crippen LogP contribution in [0.1, 0.15) is 40.0 Å². The molecule has 1 N–H and O–H groups in total. The number of aryl methyl sites for hydroxylation is 2. The molecule has 9 nitrogen and oxygen atoms in total. The number of halogens is 3. The number of likely N-dealkylation sites (tertiary alicyclic amines) is 1. The predicted octanol–water partition coefficient (Wildman–Crippen LogP) is 4.82. The molecule has 1 aromatic carbocycles. The van der Waals surface area contributed by atoms with Gasteiger partial charge in [-0.25, -0.2) is 14.5 Å². The third-order valence-electron chi connectivity index (χ3n) is 7.81. The number of anilines is 1. The second-order valence-corrected chi connectivity index (χ2v) is 10.4. The van der Waals surface area contributed by atoms with Crippen molar-refractivity contribution < 1.29 is 32.7 Å². The van der Waals surface area contributed by atoms with Crippen molar-refractivity contribution in [3.05, 3.63) is 77.2 Å². The topological polar surface area (TPSA) is 107 Å². The number of nitrogens with zero attached hydrogens (tertiary/aromatic N) is 5. The molecule has 41 heavy (non-hydrogen) atoms. The maximum absolute atomic E-state index is 13.8. The molecule has 2 aromatic heterocycles. The Hall–Kier alpha value is -4.32. The first-order valence-electron chi connectivity index (χ1n) is 13.1. The zero-order valence-electron chi connectivity index (χ0n) is 22.5. The summed E-state index contributed by atoms with van der Waals surface area (Å²) in [7, 11) is 0. The van der Waals surface area contributed by atoms with Crippen LogP contribution in [0.5, 0.6) is 0 Å². The molecular weight excluding hydrogens is 539 g/mol. The number of aromatic carboxylic acids is 1. The number of alkyl halides is 3. The maximum atomic E-state index is 13.8. The molecule has 3 amide bonds. The van der Waals surface area contributed by atoms with E-state index >= 15 is 0 Å². The predicted molar refractivity (Wildman–Crippen MR) is 143 cm³/mol. The van der Waals surface area contributed by atoms with Gasteiger partial charge in [0.25, 0.3) is 5.91 Å². The monoisotopic (exact) mass is 567 g/mol. The number of amides is 3. The zero-order chi connectivity index (χ0) is 29.5. The average Bonchev–Trinajstić information content (AvgIpc) is 3.11. The maximum Gasteiger partial charge on any atom is 0.406 e. The highest BCUT2D eigenvalue weighted by atomic mass is 19.4. The first kappa shape index (κ1) is 28.2. The molecule has 0 radical (unpaired) electrons. The summed E-state index contributed by atoms with van der Waals surface area (Å²) in [5.74, 6) is -1.76. The number of pyridine rings is 2. The molecule has 2 aliphatic rings. The standard InChI is InChI=1S/C29H28F3N5O4/c1-18-4-3-11-33-24(18)16-35-12-9-28(10-13-35)26(40)37(27(41)36(28)17-29(30,31)32)21-6-8-23(34-15-21)22-7-5-20(25(38)39)14-19(22)2/h3-8,11,14-15H,9-10,12-13,16-17H2,1-2H3,(H,38,39). The Labute approximate surface area is 234 Å². The number of rotatable bonds is 6. The molecule has 12 heteroatoms. The van der Waals surface area contributed by atoms with E-state index in [0.29, 0.717) is 41.4 Å². The summed E-state index contributed by atoms with van der Waals surface area (Å²) in [5.41, 5.74) is 2.17. The number of hydrogen-bond acceptors (Lipinski definition) is 6. The molecule has 4 heterocycles. The molecule has 214 valence electrons. The van der Waals surface area contributed by atoms with Crippen LogP contribution < -0.4 is 4.90 Å². The van der Waals surface area contributed by atoms with Crippen LogP contribution in [0.3, 0.4) is 0 Å². The van der Waals surface area contributed by atoms with Gasteiger partial charge < -0.3 is 5.11 Å². The molecule has 0 bridgehead atoms. The summed E-state index contributed by atoms with van der Waals surface area (Å²) in [5, 5.41) is 9.20. The Morgan fingerprint density at radius 2 is 1.76 bits per heavy atom. The Morgan fingerprint density at radius 1 is 1.02 bits per heavy atom.